The lowest BCUT2D eigenvalue weighted by molar-refractivity contribution is 0.475. The Morgan fingerprint density at radius 1 is 1.04 bits per heavy atom. The summed E-state index contributed by atoms with van der Waals surface area (Å²) in [5.74, 6) is 4.16. The van der Waals surface area contributed by atoms with Crippen LogP contribution in [0.5, 0.6) is 5.75 Å². The molecular weight excluding hydrogens is 306 g/mol. The molecule has 0 saturated heterocycles. The highest BCUT2D eigenvalue weighted by molar-refractivity contribution is 8.01. The number of hydrogen-bond acceptors (Lipinski definition) is 2. The Labute approximate surface area is 136 Å². The Morgan fingerprint density at radius 2 is 1.65 bits per heavy atom. The van der Waals surface area contributed by atoms with Gasteiger partial charge in [-0.05, 0) is 36.1 Å². The Morgan fingerprint density at radius 3 is 2.30 bits per heavy atom. The molecule has 0 heterocycles. The van der Waals surface area contributed by atoms with Gasteiger partial charge in [0.1, 0.15) is 5.75 Å². The topological polar surface area (TPSA) is 49.3 Å². The van der Waals surface area contributed by atoms with E-state index in [1.807, 2.05) is 55.5 Å². The molecule has 0 aliphatic heterocycles. The number of benzene rings is 3. The normalized spacial score (nSPS) is 13.6. The van der Waals surface area contributed by atoms with Crippen molar-refractivity contribution in [1.82, 2.24) is 0 Å². The zero-order valence-corrected chi connectivity index (χ0v) is 13.8. The van der Waals surface area contributed by atoms with Crippen molar-refractivity contribution in [2.45, 2.75) is 18.2 Å². The quantitative estimate of drug-likeness (QED) is 0.557. The molecule has 4 heteroatoms. The van der Waals surface area contributed by atoms with E-state index in [9.17, 15) is 9.32 Å². The van der Waals surface area contributed by atoms with Crippen molar-refractivity contribution in [1.29, 1.82) is 0 Å². The van der Waals surface area contributed by atoms with Crippen molar-refractivity contribution < 1.29 is 9.32 Å². The largest absolute Gasteiger partial charge is 0.507 e. The highest BCUT2D eigenvalue weighted by Crippen LogP contribution is 2.35. The van der Waals surface area contributed by atoms with E-state index in [2.05, 4.69) is 10.6 Å². The first kappa shape index (κ1) is 15.4. The van der Waals surface area contributed by atoms with E-state index in [0.29, 0.717) is 11.3 Å². The van der Waals surface area contributed by atoms with Crippen LogP contribution in [0, 0.1) is 0 Å². The molecule has 0 saturated carbocycles. The summed E-state index contributed by atoms with van der Waals surface area (Å²) in [6.45, 7) is 1.98. The Balaban J connectivity index is 2.15. The van der Waals surface area contributed by atoms with Crippen molar-refractivity contribution >= 4 is 32.0 Å². The lowest BCUT2D eigenvalue weighted by atomic mass is 10.0. The van der Waals surface area contributed by atoms with Gasteiger partial charge in [0.05, 0.1) is 15.4 Å². The minimum Gasteiger partial charge on any atom is -0.507 e. The van der Waals surface area contributed by atoms with Crippen molar-refractivity contribution in [2.24, 2.45) is 0 Å². The molecule has 3 nitrogen and oxygen atoms in total. The number of hydrogen-bond donors (Lipinski definition) is 2. The van der Waals surface area contributed by atoms with Crippen LogP contribution in [0.1, 0.15) is 12.5 Å². The molecule has 0 aliphatic rings. The third kappa shape index (κ3) is 2.90. The maximum absolute atomic E-state index is 13.0. The summed E-state index contributed by atoms with van der Waals surface area (Å²) in [4.78, 5) is 0.648. The SMILES string of the molecule is C=S(=O)(Nc1cc(CC)c(O)c2ccccc12)c1ccccc1. The molecule has 0 fully saturated rings. The summed E-state index contributed by atoms with van der Waals surface area (Å²) in [5, 5.41) is 12.0. The highest BCUT2D eigenvalue weighted by Gasteiger charge is 2.13. The molecule has 1 atom stereocenters. The highest BCUT2D eigenvalue weighted by atomic mass is 32.2. The van der Waals surface area contributed by atoms with Crippen molar-refractivity contribution in [2.75, 3.05) is 4.72 Å². The van der Waals surface area contributed by atoms with Crippen LogP contribution in [0.4, 0.5) is 5.69 Å². The van der Waals surface area contributed by atoms with E-state index < -0.39 is 9.71 Å². The predicted octanol–water partition coefficient (Wildman–Crippen LogP) is 4.21. The fraction of sp³-hybridized carbons (Fsp3) is 0.105. The van der Waals surface area contributed by atoms with Gasteiger partial charge in [-0.1, -0.05) is 49.4 Å². The summed E-state index contributed by atoms with van der Waals surface area (Å²) >= 11 is 0. The summed E-state index contributed by atoms with van der Waals surface area (Å²) in [5.41, 5.74) is 1.54. The fourth-order valence-corrected chi connectivity index (χ4v) is 3.89. The van der Waals surface area contributed by atoms with Crippen LogP contribution in [0.2, 0.25) is 0 Å². The summed E-state index contributed by atoms with van der Waals surface area (Å²) < 4.78 is 16.1. The molecule has 0 aromatic heterocycles. The van der Waals surface area contributed by atoms with E-state index in [4.69, 9.17) is 0 Å². The van der Waals surface area contributed by atoms with Gasteiger partial charge in [-0.2, -0.15) is 0 Å². The van der Waals surface area contributed by atoms with Crippen LogP contribution in [0.15, 0.2) is 65.6 Å². The number of nitrogens with one attached hydrogen (secondary N) is 1. The molecular formula is C19H19NO2S. The number of aryl methyl sites for hydroxylation is 1. The van der Waals surface area contributed by atoms with Crippen molar-refractivity contribution in [3.05, 3.63) is 66.2 Å². The molecule has 0 amide bonds. The third-order valence-electron chi connectivity index (χ3n) is 3.87. The second-order valence-electron chi connectivity index (χ2n) is 5.42. The maximum Gasteiger partial charge on any atom is 0.126 e. The van der Waals surface area contributed by atoms with E-state index in [1.54, 1.807) is 12.1 Å². The average molecular weight is 325 g/mol. The lowest BCUT2D eigenvalue weighted by Gasteiger charge is -2.17. The van der Waals surface area contributed by atoms with E-state index >= 15 is 0 Å². The molecule has 2 N–H and O–H groups in total. The maximum atomic E-state index is 13.0. The lowest BCUT2D eigenvalue weighted by Crippen LogP contribution is -2.13. The standard InChI is InChI=1S/C19H19NO2S/c1-3-14-13-18(16-11-7-8-12-17(16)19(14)21)20-23(2,22)15-9-5-4-6-10-15/h4-13,21H,2-3H2,1H3,(H,20,22). The van der Waals surface area contributed by atoms with Gasteiger partial charge in [-0.25, -0.2) is 4.21 Å². The van der Waals surface area contributed by atoms with E-state index in [-0.39, 0.29) is 5.75 Å². The van der Waals surface area contributed by atoms with Gasteiger partial charge in [-0.3, -0.25) is 0 Å². The summed E-state index contributed by atoms with van der Waals surface area (Å²) in [6, 6.07) is 18.5. The van der Waals surface area contributed by atoms with Crippen LogP contribution in [-0.2, 0) is 16.1 Å². The van der Waals surface area contributed by atoms with Crippen LogP contribution >= 0.6 is 0 Å². The molecule has 0 aliphatic carbocycles. The van der Waals surface area contributed by atoms with Crippen LogP contribution in [0.3, 0.4) is 0 Å². The number of anilines is 1. The number of fused-ring (bicyclic) bond motifs is 1. The molecule has 0 spiro atoms. The van der Waals surface area contributed by atoms with Crippen molar-refractivity contribution in [3.63, 3.8) is 0 Å². The number of aromatic hydroxyl groups is 1. The molecule has 118 valence electrons. The second-order valence-corrected chi connectivity index (χ2v) is 7.45. The first-order valence-electron chi connectivity index (χ1n) is 7.46. The van der Waals surface area contributed by atoms with Gasteiger partial charge in [0.15, 0.2) is 0 Å². The van der Waals surface area contributed by atoms with Gasteiger partial charge in [0.2, 0.25) is 0 Å². The molecule has 3 aromatic rings. The Hall–Kier alpha value is -2.46. The molecule has 1 unspecified atom stereocenters. The predicted molar refractivity (Wildman–Crippen MR) is 98.6 cm³/mol. The number of phenolic OH excluding ortho intramolecular Hbond substituents is 1. The zero-order chi connectivity index (χ0) is 16.4. The second kappa shape index (κ2) is 5.97. The minimum atomic E-state index is -2.67. The average Bonchev–Trinajstić information content (AvgIpc) is 2.58. The monoisotopic (exact) mass is 325 g/mol. The van der Waals surface area contributed by atoms with Crippen molar-refractivity contribution in [3.8, 4) is 5.75 Å². The number of rotatable bonds is 4. The van der Waals surface area contributed by atoms with Gasteiger partial charge in [-0.15, -0.1) is 0 Å². The van der Waals surface area contributed by atoms with Gasteiger partial charge in [0, 0.05) is 15.7 Å². The van der Waals surface area contributed by atoms with Crippen LogP contribution < -0.4 is 4.72 Å². The van der Waals surface area contributed by atoms with E-state index in [0.717, 1.165) is 22.0 Å². The molecule has 3 aromatic carbocycles. The van der Waals surface area contributed by atoms with Gasteiger partial charge in [0.25, 0.3) is 0 Å². The van der Waals surface area contributed by atoms with Gasteiger partial charge < -0.3 is 9.83 Å². The molecule has 23 heavy (non-hydrogen) atoms. The summed E-state index contributed by atoms with van der Waals surface area (Å²) in [6.07, 6.45) is 0.690. The summed E-state index contributed by atoms with van der Waals surface area (Å²) in [7, 11) is -2.67. The van der Waals surface area contributed by atoms with Crippen LogP contribution in [-0.4, -0.2) is 15.2 Å². The van der Waals surface area contributed by atoms with Crippen LogP contribution in [0.25, 0.3) is 10.8 Å². The molecule has 0 bridgehead atoms. The third-order valence-corrected chi connectivity index (χ3v) is 5.46. The minimum absolute atomic E-state index is 0.281. The smallest absolute Gasteiger partial charge is 0.126 e. The number of phenols is 1. The van der Waals surface area contributed by atoms with E-state index in [1.165, 1.54) is 0 Å². The molecule has 3 rings (SSSR count). The molecule has 0 radical (unpaired) electrons. The fourth-order valence-electron chi connectivity index (χ4n) is 2.65. The first-order valence-corrected chi connectivity index (χ1v) is 9.19. The zero-order valence-electron chi connectivity index (χ0n) is 13.0. The van der Waals surface area contributed by atoms with Gasteiger partial charge >= 0.3 is 0 Å². The first-order chi connectivity index (χ1) is 11.0. The Bertz CT molecular complexity index is 948. The Kier molecular flexibility index (Phi) is 4.01.